The number of alkyl halides is 3. The molecule has 126 valence electrons. The quantitative estimate of drug-likeness (QED) is 0.722. The van der Waals surface area contributed by atoms with Crippen LogP contribution in [0.4, 0.5) is 18.9 Å². The van der Waals surface area contributed by atoms with Crippen LogP contribution in [0.2, 0.25) is 0 Å². The Morgan fingerprint density at radius 2 is 1.87 bits per heavy atom. The zero-order chi connectivity index (χ0) is 17.0. The molecule has 1 aromatic rings. The van der Waals surface area contributed by atoms with Crippen LogP contribution in [0, 0.1) is 5.92 Å². The SMILES string of the molecule is O=C(Nc1ccccc1C(F)(F)F)C(=O)NC(CCO)C1CC1. The van der Waals surface area contributed by atoms with Crippen LogP contribution in [0.15, 0.2) is 24.3 Å². The van der Waals surface area contributed by atoms with Gasteiger partial charge in [-0.25, -0.2) is 0 Å². The van der Waals surface area contributed by atoms with Crippen LogP contribution in [0.1, 0.15) is 24.8 Å². The summed E-state index contributed by atoms with van der Waals surface area (Å²) in [6, 6.07) is 4.10. The number of aliphatic hydroxyl groups excluding tert-OH is 1. The molecule has 2 rings (SSSR count). The molecule has 1 atom stereocenters. The molecule has 1 fully saturated rings. The number of anilines is 1. The Morgan fingerprint density at radius 3 is 2.43 bits per heavy atom. The molecule has 1 unspecified atom stereocenters. The van der Waals surface area contributed by atoms with Crippen molar-refractivity contribution >= 4 is 17.5 Å². The second kappa shape index (κ2) is 6.99. The molecule has 3 N–H and O–H groups in total. The number of amides is 2. The number of carbonyl (C=O) groups excluding carboxylic acids is 2. The maximum atomic E-state index is 12.8. The Bertz CT molecular complexity index is 586. The fourth-order valence-corrected chi connectivity index (χ4v) is 2.32. The predicted octanol–water partition coefficient (Wildman–Crippen LogP) is 1.92. The molecule has 1 aliphatic rings. The minimum Gasteiger partial charge on any atom is -0.396 e. The van der Waals surface area contributed by atoms with Gasteiger partial charge in [0.25, 0.3) is 0 Å². The molecule has 0 radical (unpaired) electrons. The second-order valence-electron chi connectivity index (χ2n) is 5.43. The van der Waals surface area contributed by atoms with E-state index in [0.29, 0.717) is 6.42 Å². The molecule has 1 saturated carbocycles. The number of nitrogens with one attached hydrogen (secondary N) is 2. The van der Waals surface area contributed by atoms with Crippen LogP contribution in [0.5, 0.6) is 0 Å². The first-order valence-corrected chi connectivity index (χ1v) is 7.22. The molecule has 0 aliphatic heterocycles. The number of hydrogen-bond acceptors (Lipinski definition) is 3. The van der Waals surface area contributed by atoms with Crippen molar-refractivity contribution in [3.8, 4) is 0 Å². The van der Waals surface area contributed by atoms with E-state index in [4.69, 9.17) is 5.11 Å². The standard InChI is InChI=1S/C15H17F3N2O3/c16-15(17,18)10-3-1-2-4-12(10)20-14(23)13(22)19-11(7-8-21)9-5-6-9/h1-4,9,11,21H,5-8H2,(H,19,22)(H,20,23). The lowest BCUT2D eigenvalue weighted by Crippen LogP contribution is -2.43. The van der Waals surface area contributed by atoms with E-state index in [9.17, 15) is 22.8 Å². The summed E-state index contributed by atoms with van der Waals surface area (Å²) >= 11 is 0. The number of para-hydroxylation sites is 1. The topological polar surface area (TPSA) is 78.4 Å². The average molecular weight is 330 g/mol. The Balaban J connectivity index is 2.02. The van der Waals surface area contributed by atoms with E-state index >= 15 is 0 Å². The molecule has 23 heavy (non-hydrogen) atoms. The van der Waals surface area contributed by atoms with E-state index in [1.807, 2.05) is 5.32 Å². The van der Waals surface area contributed by atoms with Gasteiger partial charge in [0.1, 0.15) is 0 Å². The van der Waals surface area contributed by atoms with Crippen molar-refractivity contribution in [1.29, 1.82) is 0 Å². The fraction of sp³-hybridized carbons (Fsp3) is 0.467. The highest BCUT2D eigenvalue weighted by Gasteiger charge is 2.35. The van der Waals surface area contributed by atoms with Gasteiger partial charge < -0.3 is 15.7 Å². The monoisotopic (exact) mass is 330 g/mol. The fourth-order valence-electron chi connectivity index (χ4n) is 2.32. The Kier molecular flexibility index (Phi) is 5.25. The molecular formula is C15H17F3N2O3. The molecule has 0 saturated heterocycles. The van der Waals surface area contributed by atoms with Crippen molar-refractivity contribution in [2.24, 2.45) is 5.92 Å². The predicted molar refractivity (Wildman–Crippen MR) is 76.4 cm³/mol. The first-order chi connectivity index (χ1) is 10.8. The summed E-state index contributed by atoms with van der Waals surface area (Å²) in [5.74, 6) is -1.96. The summed E-state index contributed by atoms with van der Waals surface area (Å²) in [6.07, 6.45) is -2.54. The number of rotatable bonds is 5. The van der Waals surface area contributed by atoms with Crippen molar-refractivity contribution < 1.29 is 27.9 Å². The summed E-state index contributed by atoms with van der Waals surface area (Å²) < 4.78 is 38.5. The molecular weight excluding hydrogens is 313 g/mol. The number of aliphatic hydroxyl groups is 1. The molecule has 1 aromatic carbocycles. The number of benzene rings is 1. The summed E-state index contributed by atoms with van der Waals surface area (Å²) in [5.41, 5.74) is -1.49. The van der Waals surface area contributed by atoms with E-state index in [0.717, 1.165) is 25.0 Å². The number of carbonyl (C=O) groups is 2. The number of halogens is 3. The summed E-state index contributed by atoms with van der Waals surface area (Å²) in [4.78, 5) is 23.7. The van der Waals surface area contributed by atoms with Gasteiger partial charge >= 0.3 is 18.0 Å². The molecule has 0 spiro atoms. The van der Waals surface area contributed by atoms with Gasteiger partial charge in [-0.15, -0.1) is 0 Å². The van der Waals surface area contributed by atoms with Gasteiger partial charge in [-0.1, -0.05) is 12.1 Å². The van der Waals surface area contributed by atoms with Crippen LogP contribution in [-0.4, -0.2) is 29.6 Å². The van der Waals surface area contributed by atoms with Crippen molar-refractivity contribution in [1.82, 2.24) is 5.32 Å². The van der Waals surface area contributed by atoms with E-state index < -0.39 is 29.2 Å². The van der Waals surface area contributed by atoms with E-state index in [1.54, 1.807) is 0 Å². The van der Waals surface area contributed by atoms with Gasteiger partial charge in [0, 0.05) is 12.6 Å². The van der Waals surface area contributed by atoms with Gasteiger partial charge in [0.15, 0.2) is 0 Å². The molecule has 0 bridgehead atoms. The highest BCUT2D eigenvalue weighted by atomic mass is 19.4. The highest BCUT2D eigenvalue weighted by molar-refractivity contribution is 6.39. The van der Waals surface area contributed by atoms with Crippen molar-refractivity contribution in [3.05, 3.63) is 29.8 Å². The van der Waals surface area contributed by atoms with Crippen molar-refractivity contribution in [2.75, 3.05) is 11.9 Å². The van der Waals surface area contributed by atoms with Crippen LogP contribution in [0.3, 0.4) is 0 Å². The maximum absolute atomic E-state index is 12.8. The average Bonchev–Trinajstić information content (AvgIpc) is 3.30. The van der Waals surface area contributed by atoms with E-state index in [2.05, 4.69) is 5.32 Å². The van der Waals surface area contributed by atoms with Gasteiger partial charge in [0.2, 0.25) is 0 Å². The Morgan fingerprint density at radius 1 is 1.22 bits per heavy atom. The molecule has 2 amide bonds. The summed E-state index contributed by atoms with van der Waals surface area (Å²) in [7, 11) is 0. The normalized spacial score (nSPS) is 15.8. The minimum atomic E-state index is -4.63. The van der Waals surface area contributed by atoms with Gasteiger partial charge in [-0.2, -0.15) is 13.2 Å². The van der Waals surface area contributed by atoms with E-state index in [-0.39, 0.29) is 18.6 Å². The van der Waals surface area contributed by atoms with Gasteiger partial charge in [-0.3, -0.25) is 9.59 Å². The molecule has 5 nitrogen and oxygen atoms in total. The maximum Gasteiger partial charge on any atom is 0.418 e. The van der Waals surface area contributed by atoms with Gasteiger partial charge in [-0.05, 0) is 37.3 Å². The van der Waals surface area contributed by atoms with Gasteiger partial charge in [0.05, 0.1) is 11.3 Å². The van der Waals surface area contributed by atoms with Crippen molar-refractivity contribution in [2.45, 2.75) is 31.5 Å². The molecule has 1 aliphatic carbocycles. The third-order valence-corrected chi connectivity index (χ3v) is 3.63. The molecule has 0 aromatic heterocycles. The zero-order valence-electron chi connectivity index (χ0n) is 12.2. The van der Waals surface area contributed by atoms with Crippen molar-refractivity contribution in [3.63, 3.8) is 0 Å². The Hall–Kier alpha value is -2.09. The molecule has 8 heteroatoms. The van der Waals surface area contributed by atoms with Crippen LogP contribution in [0.25, 0.3) is 0 Å². The minimum absolute atomic E-state index is 0.139. The Labute approximate surface area is 130 Å². The lowest BCUT2D eigenvalue weighted by Gasteiger charge is -2.17. The van der Waals surface area contributed by atoms with Crippen LogP contribution >= 0.6 is 0 Å². The molecule has 0 heterocycles. The largest absolute Gasteiger partial charge is 0.418 e. The third kappa shape index (κ3) is 4.69. The van der Waals surface area contributed by atoms with Crippen LogP contribution < -0.4 is 10.6 Å². The second-order valence-corrected chi connectivity index (χ2v) is 5.43. The first kappa shape index (κ1) is 17.3. The highest BCUT2D eigenvalue weighted by Crippen LogP contribution is 2.35. The summed E-state index contributed by atoms with van der Waals surface area (Å²) in [6.45, 7) is -0.139. The van der Waals surface area contributed by atoms with Crippen LogP contribution in [-0.2, 0) is 15.8 Å². The summed E-state index contributed by atoms with van der Waals surface area (Å²) in [5, 5.41) is 13.4. The zero-order valence-corrected chi connectivity index (χ0v) is 12.2. The first-order valence-electron chi connectivity index (χ1n) is 7.22. The lowest BCUT2D eigenvalue weighted by molar-refractivity contribution is -0.138. The smallest absolute Gasteiger partial charge is 0.396 e. The number of hydrogen-bond donors (Lipinski definition) is 3. The third-order valence-electron chi connectivity index (χ3n) is 3.63. The lowest BCUT2D eigenvalue weighted by atomic mass is 10.1. The van der Waals surface area contributed by atoms with E-state index in [1.165, 1.54) is 12.1 Å².